The molecule has 1 N–H and O–H groups in total. The second-order valence-corrected chi connectivity index (χ2v) is 6.76. The van der Waals surface area contributed by atoms with Crippen LogP contribution in [0, 0.1) is 0 Å². The Balaban J connectivity index is 1.40. The van der Waals surface area contributed by atoms with Crippen LogP contribution in [0.5, 0.6) is 5.75 Å². The molecule has 0 bridgehead atoms. The predicted octanol–water partition coefficient (Wildman–Crippen LogP) is 1.13. The molecule has 0 radical (unpaired) electrons. The maximum atomic E-state index is 9.82. The van der Waals surface area contributed by atoms with Gasteiger partial charge in [-0.3, -0.25) is 9.80 Å². The van der Waals surface area contributed by atoms with Gasteiger partial charge in [0.25, 0.3) is 0 Å². The third kappa shape index (κ3) is 3.17. The third-order valence-electron chi connectivity index (χ3n) is 5.06. The zero-order valence-corrected chi connectivity index (χ0v) is 14.0. The van der Waals surface area contributed by atoms with Crippen LogP contribution in [0.15, 0.2) is 36.7 Å². The molecule has 0 unspecified atom stereocenters. The Kier molecular flexibility index (Phi) is 4.26. The van der Waals surface area contributed by atoms with E-state index >= 15 is 0 Å². The van der Waals surface area contributed by atoms with Crippen LogP contribution >= 0.6 is 0 Å². The molecule has 1 aromatic carbocycles. The van der Waals surface area contributed by atoms with E-state index in [0.29, 0.717) is 6.04 Å². The zero-order chi connectivity index (χ0) is 16.5. The van der Waals surface area contributed by atoms with Crippen LogP contribution < -0.4 is 4.74 Å². The Morgan fingerprint density at radius 2 is 2.04 bits per heavy atom. The van der Waals surface area contributed by atoms with E-state index in [1.165, 1.54) is 5.56 Å². The Bertz CT molecular complexity index is 685. The summed E-state index contributed by atoms with van der Waals surface area (Å²) >= 11 is 0. The van der Waals surface area contributed by atoms with E-state index in [-0.39, 0.29) is 6.10 Å². The van der Waals surface area contributed by atoms with Gasteiger partial charge in [-0.05, 0) is 30.7 Å². The van der Waals surface area contributed by atoms with Gasteiger partial charge >= 0.3 is 0 Å². The molecule has 6 heteroatoms. The van der Waals surface area contributed by atoms with Gasteiger partial charge in [-0.1, -0.05) is 0 Å². The summed E-state index contributed by atoms with van der Waals surface area (Å²) in [7, 11) is 1.67. The fourth-order valence-electron chi connectivity index (χ4n) is 3.80. The molecule has 4 rings (SSSR count). The molecule has 0 aliphatic carbocycles. The third-order valence-corrected chi connectivity index (χ3v) is 5.06. The van der Waals surface area contributed by atoms with Crippen LogP contribution in [0.1, 0.15) is 12.0 Å². The quantitative estimate of drug-likeness (QED) is 0.912. The minimum atomic E-state index is -0.146. The van der Waals surface area contributed by atoms with Gasteiger partial charge in [-0.2, -0.15) is 5.10 Å². The Morgan fingerprint density at radius 1 is 1.21 bits per heavy atom. The molecule has 2 fully saturated rings. The van der Waals surface area contributed by atoms with E-state index in [1.54, 1.807) is 7.11 Å². The van der Waals surface area contributed by atoms with Crippen molar-refractivity contribution in [1.82, 2.24) is 19.6 Å². The first-order valence-electron chi connectivity index (χ1n) is 8.54. The van der Waals surface area contributed by atoms with Crippen molar-refractivity contribution >= 4 is 0 Å². The summed E-state index contributed by atoms with van der Waals surface area (Å²) < 4.78 is 7.10. The fraction of sp³-hybridized carbons (Fsp3) is 0.500. The number of hydrogen-bond donors (Lipinski definition) is 1. The number of aromatic nitrogens is 2. The standard InChI is InChI=1S/C18H24N4O2/c1-24-18-4-2-15(3-5-18)22-11-14(9-19-22)10-20-6-7-21-13-17(23)8-16(21)12-20/h2-5,9,11,16-17,23H,6-8,10,12-13H2,1H3/t16-,17+/m0/s1. The summed E-state index contributed by atoms with van der Waals surface area (Å²) in [5.74, 6) is 0.850. The van der Waals surface area contributed by atoms with Crippen LogP contribution in [-0.4, -0.2) is 70.1 Å². The van der Waals surface area contributed by atoms with Gasteiger partial charge in [0.1, 0.15) is 5.75 Å². The Morgan fingerprint density at radius 3 is 2.83 bits per heavy atom. The highest BCUT2D eigenvalue weighted by Gasteiger charge is 2.35. The van der Waals surface area contributed by atoms with Crippen molar-refractivity contribution in [2.75, 3.05) is 33.3 Å². The maximum absolute atomic E-state index is 9.82. The first kappa shape index (κ1) is 15.6. The van der Waals surface area contributed by atoms with Gasteiger partial charge in [0, 0.05) is 50.5 Å². The lowest BCUT2D eigenvalue weighted by Gasteiger charge is -2.37. The highest BCUT2D eigenvalue weighted by molar-refractivity contribution is 5.37. The van der Waals surface area contributed by atoms with E-state index in [2.05, 4.69) is 21.1 Å². The van der Waals surface area contributed by atoms with Gasteiger partial charge in [-0.15, -0.1) is 0 Å². The number of benzene rings is 1. The molecule has 1 aromatic heterocycles. The van der Waals surface area contributed by atoms with Crippen molar-refractivity contribution < 1.29 is 9.84 Å². The molecule has 2 saturated heterocycles. The molecular formula is C18H24N4O2. The second kappa shape index (κ2) is 6.55. The minimum Gasteiger partial charge on any atom is -0.497 e. The average molecular weight is 328 g/mol. The molecule has 2 atom stereocenters. The molecule has 0 spiro atoms. The van der Waals surface area contributed by atoms with Crippen LogP contribution in [0.2, 0.25) is 0 Å². The molecule has 2 aliphatic heterocycles. The SMILES string of the molecule is COc1ccc(-n2cc(CN3CCN4C[C@H](O)C[C@H]4C3)cn2)cc1. The molecule has 128 valence electrons. The number of aliphatic hydroxyl groups is 1. The van der Waals surface area contributed by atoms with Gasteiger partial charge in [-0.25, -0.2) is 4.68 Å². The van der Waals surface area contributed by atoms with Crippen molar-refractivity contribution in [3.63, 3.8) is 0 Å². The average Bonchev–Trinajstić information content (AvgIpc) is 3.20. The molecule has 24 heavy (non-hydrogen) atoms. The minimum absolute atomic E-state index is 0.146. The van der Waals surface area contributed by atoms with Crippen LogP contribution in [-0.2, 0) is 6.54 Å². The first-order chi connectivity index (χ1) is 11.7. The number of fused-ring (bicyclic) bond motifs is 1. The maximum Gasteiger partial charge on any atom is 0.119 e. The zero-order valence-electron chi connectivity index (χ0n) is 14.0. The monoisotopic (exact) mass is 328 g/mol. The van der Waals surface area contributed by atoms with Crippen molar-refractivity contribution in [2.45, 2.75) is 25.1 Å². The number of rotatable bonds is 4. The van der Waals surface area contributed by atoms with E-state index < -0.39 is 0 Å². The van der Waals surface area contributed by atoms with E-state index in [1.807, 2.05) is 35.1 Å². The summed E-state index contributed by atoms with van der Waals surface area (Å²) in [6.45, 7) is 4.89. The lowest BCUT2D eigenvalue weighted by molar-refractivity contribution is 0.0972. The summed E-state index contributed by atoms with van der Waals surface area (Å²) in [5, 5.41) is 14.3. The number of methoxy groups -OCH3 is 1. The van der Waals surface area contributed by atoms with Gasteiger partial charge < -0.3 is 9.84 Å². The molecule has 2 aromatic rings. The van der Waals surface area contributed by atoms with E-state index in [9.17, 15) is 5.11 Å². The van der Waals surface area contributed by atoms with Crippen molar-refractivity contribution in [2.24, 2.45) is 0 Å². The lowest BCUT2D eigenvalue weighted by Crippen LogP contribution is -2.49. The predicted molar refractivity (Wildman–Crippen MR) is 91.4 cm³/mol. The van der Waals surface area contributed by atoms with Crippen LogP contribution in [0.25, 0.3) is 5.69 Å². The number of piperazine rings is 1. The topological polar surface area (TPSA) is 53.8 Å². The van der Waals surface area contributed by atoms with Gasteiger partial charge in [0.05, 0.1) is 25.1 Å². The van der Waals surface area contributed by atoms with E-state index in [0.717, 1.165) is 50.6 Å². The molecule has 6 nitrogen and oxygen atoms in total. The second-order valence-electron chi connectivity index (χ2n) is 6.76. The summed E-state index contributed by atoms with van der Waals surface area (Å²) in [4.78, 5) is 4.89. The molecule has 0 amide bonds. The normalized spacial score (nSPS) is 24.9. The lowest BCUT2D eigenvalue weighted by atomic mass is 10.1. The van der Waals surface area contributed by atoms with Gasteiger partial charge in [0.2, 0.25) is 0 Å². The number of ether oxygens (including phenoxy) is 1. The molecule has 3 heterocycles. The number of aliphatic hydroxyl groups excluding tert-OH is 1. The Labute approximate surface area is 142 Å². The summed E-state index contributed by atoms with van der Waals surface area (Å²) in [6, 6.07) is 8.41. The van der Waals surface area contributed by atoms with Crippen molar-refractivity contribution in [3.05, 3.63) is 42.2 Å². The Hall–Kier alpha value is -1.89. The van der Waals surface area contributed by atoms with Gasteiger partial charge in [0.15, 0.2) is 0 Å². The van der Waals surface area contributed by atoms with E-state index in [4.69, 9.17) is 4.74 Å². The smallest absolute Gasteiger partial charge is 0.119 e. The molecular weight excluding hydrogens is 304 g/mol. The van der Waals surface area contributed by atoms with Crippen molar-refractivity contribution in [1.29, 1.82) is 0 Å². The number of hydrogen-bond acceptors (Lipinski definition) is 5. The molecule has 0 saturated carbocycles. The van der Waals surface area contributed by atoms with Crippen LogP contribution in [0.4, 0.5) is 0 Å². The number of nitrogens with zero attached hydrogens (tertiary/aromatic N) is 4. The summed E-state index contributed by atoms with van der Waals surface area (Å²) in [5.41, 5.74) is 2.25. The first-order valence-corrected chi connectivity index (χ1v) is 8.54. The fourth-order valence-corrected chi connectivity index (χ4v) is 3.80. The summed E-state index contributed by atoms with van der Waals surface area (Å²) in [6.07, 6.45) is 4.80. The largest absolute Gasteiger partial charge is 0.497 e. The highest BCUT2D eigenvalue weighted by Crippen LogP contribution is 2.23. The van der Waals surface area contributed by atoms with Crippen LogP contribution in [0.3, 0.4) is 0 Å². The molecule has 2 aliphatic rings. The van der Waals surface area contributed by atoms with Crippen molar-refractivity contribution in [3.8, 4) is 11.4 Å². The highest BCUT2D eigenvalue weighted by atomic mass is 16.5.